The third-order valence-corrected chi connectivity index (χ3v) is 5.32. The van der Waals surface area contributed by atoms with Crippen molar-refractivity contribution in [3.63, 3.8) is 0 Å². The number of hydrogen-bond acceptors (Lipinski definition) is 9. The number of benzene rings is 2. The number of non-ortho nitro benzene ring substituents is 1. The predicted octanol–water partition coefficient (Wildman–Crippen LogP) is 4.70. The first-order chi connectivity index (χ1) is 15.3. The molecular weight excluding hydrogens is 438 g/mol. The summed E-state index contributed by atoms with van der Waals surface area (Å²) in [5.41, 5.74) is 1.68. The number of amides is 1. The van der Waals surface area contributed by atoms with Crippen LogP contribution in [0, 0.1) is 27.2 Å². The zero-order chi connectivity index (χ0) is 22.8. The van der Waals surface area contributed by atoms with E-state index in [0.717, 1.165) is 21.5 Å². The van der Waals surface area contributed by atoms with E-state index in [0.29, 0.717) is 5.52 Å². The molecule has 11 nitrogen and oxygen atoms in total. The number of rotatable bonds is 6. The molecule has 0 radical (unpaired) electrons. The molecule has 0 N–H and O–H groups in total. The van der Waals surface area contributed by atoms with Crippen LogP contribution in [0.3, 0.4) is 0 Å². The van der Waals surface area contributed by atoms with Crippen LogP contribution in [0.4, 0.5) is 16.7 Å². The van der Waals surface area contributed by atoms with Gasteiger partial charge in [-0.2, -0.15) is 10.1 Å². The maximum absolute atomic E-state index is 13.2. The summed E-state index contributed by atoms with van der Waals surface area (Å²) in [4.78, 5) is 38.1. The minimum absolute atomic E-state index is 0.0650. The lowest BCUT2D eigenvalue weighted by molar-refractivity contribution is -0.402. The molecule has 0 aliphatic rings. The first-order valence-electron chi connectivity index (χ1n) is 9.06. The summed E-state index contributed by atoms with van der Waals surface area (Å²) in [5, 5.41) is 27.1. The molecule has 0 aliphatic carbocycles. The van der Waals surface area contributed by atoms with Crippen LogP contribution in [0.2, 0.25) is 0 Å². The zero-order valence-electron chi connectivity index (χ0n) is 16.4. The van der Waals surface area contributed by atoms with Gasteiger partial charge in [0.1, 0.15) is 4.92 Å². The third-order valence-electron chi connectivity index (χ3n) is 4.32. The van der Waals surface area contributed by atoms with Gasteiger partial charge in [0.2, 0.25) is 5.13 Å². The molecule has 0 aliphatic heterocycles. The van der Waals surface area contributed by atoms with Crippen LogP contribution in [0.1, 0.15) is 21.7 Å². The second-order valence-electron chi connectivity index (χ2n) is 6.57. The predicted molar refractivity (Wildman–Crippen MR) is 117 cm³/mol. The second-order valence-corrected chi connectivity index (χ2v) is 7.58. The smallest absolute Gasteiger partial charge is 0.400 e. The number of fused-ring (bicyclic) bond motifs is 1. The lowest BCUT2D eigenvalue weighted by Gasteiger charge is -2.13. The highest BCUT2D eigenvalue weighted by Crippen LogP contribution is 2.31. The van der Waals surface area contributed by atoms with E-state index in [4.69, 9.17) is 4.42 Å². The molecule has 2 aromatic heterocycles. The molecule has 4 rings (SSSR count). The maximum atomic E-state index is 13.2. The van der Waals surface area contributed by atoms with Crippen molar-refractivity contribution < 1.29 is 19.1 Å². The molecule has 0 saturated heterocycles. The minimum Gasteiger partial charge on any atom is -0.400 e. The number of carbonyl (C=O) groups excluding carboxylic acids is 1. The summed E-state index contributed by atoms with van der Waals surface area (Å²) in [7, 11) is 0. The quantitative estimate of drug-likeness (QED) is 0.235. The van der Waals surface area contributed by atoms with E-state index in [1.807, 2.05) is 25.1 Å². The molecule has 0 unspecified atom stereocenters. The highest BCUT2D eigenvalue weighted by Gasteiger charge is 2.22. The summed E-state index contributed by atoms with van der Waals surface area (Å²) < 4.78 is 5.89. The van der Waals surface area contributed by atoms with Gasteiger partial charge in [0.15, 0.2) is 5.76 Å². The summed E-state index contributed by atoms with van der Waals surface area (Å²) >= 11 is 1.23. The van der Waals surface area contributed by atoms with E-state index >= 15 is 0 Å². The normalized spacial score (nSPS) is 11.2. The largest absolute Gasteiger partial charge is 0.433 e. The molecular formula is C20H13N5O6S. The molecule has 0 spiro atoms. The van der Waals surface area contributed by atoms with E-state index in [2.05, 4.69) is 10.1 Å². The fourth-order valence-corrected chi connectivity index (χ4v) is 3.79. The average Bonchev–Trinajstić information content (AvgIpc) is 3.40. The second kappa shape index (κ2) is 8.35. The Hall–Kier alpha value is -4.45. The van der Waals surface area contributed by atoms with Gasteiger partial charge in [-0.1, -0.05) is 17.4 Å². The molecule has 0 saturated carbocycles. The van der Waals surface area contributed by atoms with Gasteiger partial charge >= 0.3 is 5.88 Å². The molecule has 0 fully saturated rings. The number of aryl methyl sites for hydroxylation is 1. The fourth-order valence-electron chi connectivity index (χ4n) is 2.77. The number of anilines is 1. The van der Waals surface area contributed by atoms with Crippen LogP contribution in [-0.4, -0.2) is 27.0 Å². The Morgan fingerprint density at radius 1 is 1.09 bits per heavy atom. The minimum atomic E-state index is -0.687. The standard InChI is InChI=1S/C20H13N5O6S/c1-12-2-8-16-17(10-12)32-20(22-16)23(21-11-15-7-9-18(31-15)25(29)30)19(26)13-3-5-14(6-4-13)24(27)28/h2-11H,1H3/b21-11+. The number of hydrazone groups is 1. The number of carbonyl (C=O) groups is 1. The van der Waals surface area contributed by atoms with Gasteiger partial charge < -0.3 is 4.42 Å². The monoisotopic (exact) mass is 451 g/mol. The first-order valence-corrected chi connectivity index (χ1v) is 9.88. The Kier molecular flexibility index (Phi) is 5.43. The van der Waals surface area contributed by atoms with Gasteiger partial charge in [-0.05, 0) is 42.8 Å². The Morgan fingerprint density at radius 3 is 2.50 bits per heavy atom. The topological polar surface area (TPSA) is 145 Å². The number of hydrogen-bond donors (Lipinski definition) is 0. The molecule has 0 bridgehead atoms. The Morgan fingerprint density at radius 2 is 1.84 bits per heavy atom. The summed E-state index contributed by atoms with van der Waals surface area (Å²) in [5.74, 6) is -0.988. The summed E-state index contributed by atoms with van der Waals surface area (Å²) in [6.45, 7) is 1.93. The lowest BCUT2D eigenvalue weighted by Crippen LogP contribution is -2.25. The van der Waals surface area contributed by atoms with Crippen LogP contribution in [0.5, 0.6) is 0 Å². The zero-order valence-corrected chi connectivity index (χ0v) is 17.2. The third kappa shape index (κ3) is 4.20. The maximum Gasteiger partial charge on any atom is 0.433 e. The van der Waals surface area contributed by atoms with Crippen LogP contribution < -0.4 is 5.01 Å². The van der Waals surface area contributed by atoms with Crippen LogP contribution in [0.25, 0.3) is 10.2 Å². The molecule has 12 heteroatoms. The van der Waals surface area contributed by atoms with Gasteiger partial charge in [-0.3, -0.25) is 25.0 Å². The van der Waals surface area contributed by atoms with E-state index in [9.17, 15) is 25.0 Å². The average molecular weight is 451 g/mol. The number of nitro groups is 2. The van der Waals surface area contributed by atoms with Crippen molar-refractivity contribution in [1.82, 2.24) is 4.98 Å². The number of nitrogens with zero attached hydrogens (tertiary/aromatic N) is 5. The van der Waals surface area contributed by atoms with Crippen molar-refractivity contribution in [2.24, 2.45) is 5.10 Å². The van der Waals surface area contributed by atoms with Gasteiger partial charge in [-0.25, -0.2) is 4.98 Å². The summed E-state index contributed by atoms with van der Waals surface area (Å²) in [6.07, 6.45) is 1.16. The summed E-state index contributed by atoms with van der Waals surface area (Å²) in [6, 6.07) is 13.2. The molecule has 2 aromatic carbocycles. The van der Waals surface area contributed by atoms with Crippen molar-refractivity contribution in [2.75, 3.05) is 5.01 Å². The van der Waals surface area contributed by atoms with E-state index in [-0.39, 0.29) is 22.1 Å². The van der Waals surface area contributed by atoms with Crippen molar-refractivity contribution in [1.29, 1.82) is 0 Å². The van der Waals surface area contributed by atoms with Gasteiger partial charge in [0.25, 0.3) is 11.6 Å². The van der Waals surface area contributed by atoms with Crippen molar-refractivity contribution >= 4 is 50.4 Å². The van der Waals surface area contributed by atoms with Gasteiger partial charge in [-0.15, -0.1) is 0 Å². The lowest BCUT2D eigenvalue weighted by atomic mass is 10.2. The van der Waals surface area contributed by atoms with Crippen LogP contribution in [-0.2, 0) is 0 Å². The Bertz CT molecular complexity index is 1370. The van der Waals surface area contributed by atoms with Crippen molar-refractivity contribution in [3.05, 3.63) is 91.7 Å². The Labute approximate surface area is 183 Å². The SMILES string of the molecule is Cc1ccc2nc(N(/N=C/c3ccc([N+](=O)[O-])o3)C(=O)c3ccc([N+](=O)[O-])cc3)sc2c1. The first kappa shape index (κ1) is 20.8. The van der Waals surface area contributed by atoms with E-state index in [1.54, 1.807) is 0 Å². The molecule has 1 amide bonds. The Balaban J connectivity index is 1.73. The highest BCUT2D eigenvalue weighted by molar-refractivity contribution is 7.22. The van der Waals surface area contributed by atoms with Gasteiger partial charge in [0.05, 0.1) is 27.4 Å². The molecule has 4 aromatic rings. The van der Waals surface area contributed by atoms with E-state index in [1.165, 1.54) is 47.7 Å². The van der Waals surface area contributed by atoms with Crippen molar-refractivity contribution in [2.45, 2.75) is 6.92 Å². The highest BCUT2D eigenvalue weighted by atomic mass is 32.1. The molecule has 32 heavy (non-hydrogen) atoms. The number of aromatic nitrogens is 1. The molecule has 2 heterocycles. The van der Waals surface area contributed by atoms with Crippen LogP contribution in [0.15, 0.2) is 64.1 Å². The fraction of sp³-hybridized carbons (Fsp3) is 0.0500. The van der Waals surface area contributed by atoms with E-state index < -0.39 is 21.6 Å². The molecule has 160 valence electrons. The van der Waals surface area contributed by atoms with Crippen LogP contribution >= 0.6 is 11.3 Å². The van der Waals surface area contributed by atoms with Crippen molar-refractivity contribution in [3.8, 4) is 0 Å². The number of nitro benzene ring substituents is 1. The molecule has 0 atom stereocenters. The van der Waals surface area contributed by atoms with Gasteiger partial charge in [0, 0.05) is 17.7 Å². The number of thiazole rings is 1. The number of furan rings is 1.